The summed E-state index contributed by atoms with van der Waals surface area (Å²) in [4.78, 5) is 12.1. The Kier molecular flexibility index (Phi) is 6.78. The van der Waals surface area contributed by atoms with Gasteiger partial charge in [0, 0.05) is 16.7 Å². The van der Waals surface area contributed by atoms with Gasteiger partial charge in [0.2, 0.25) is 5.75 Å². The Bertz CT molecular complexity index is 867. The zero-order chi connectivity index (χ0) is 21.2. The average Bonchev–Trinajstić information content (AvgIpc) is 2.59. The highest BCUT2D eigenvalue weighted by molar-refractivity contribution is 7.91. The predicted octanol–water partition coefficient (Wildman–Crippen LogP) is 3.64. The molecule has 1 unspecified atom stereocenters. The van der Waals surface area contributed by atoms with E-state index in [2.05, 4.69) is 0 Å². The Hall–Kier alpha value is -2.05. The third kappa shape index (κ3) is 5.26. The first-order chi connectivity index (χ1) is 12.9. The van der Waals surface area contributed by atoms with Crippen LogP contribution in [-0.2, 0) is 11.2 Å². The van der Waals surface area contributed by atoms with Crippen molar-refractivity contribution in [1.82, 2.24) is 0 Å². The Balaban J connectivity index is 2.33. The molecule has 0 bridgehead atoms. The number of urea groups is 1. The molecule has 6 nitrogen and oxygen atoms in total. The largest absolute Gasteiger partial charge is 0.611 e. The molecule has 12 heteroatoms. The molecule has 2 amide bonds. The third-order valence-electron chi connectivity index (χ3n) is 3.56. The van der Waals surface area contributed by atoms with Crippen molar-refractivity contribution >= 4 is 40.2 Å². The minimum absolute atomic E-state index is 0.0204. The smallest absolute Gasteiger partial charge is 0.433 e. The van der Waals surface area contributed by atoms with Gasteiger partial charge >= 0.3 is 12.2 Å². The van der Waals surface area contributed by atoms with Crippen molar-refractivity contribution in [3.8, 4) is 0 Å². The summed E-state index contributed by atoms with van der Waals surface area (Å²) in [6.45, 7) is 1.29. The van der Waals surface area contributed by atoms with Crippen LogP contribution in [0.2, 0.25) is 5.02 Å². The molecule has 4 N–H and O–H groups in total. The van der Waals surface area contributed by atoms with Crippen LogP contribution in [0.1, 0.15) is 5.56 Å². The van der Waals surface area contributed by atoms with Crippen LogP contribution in [0.25, 0.3) is 0 Å². The number of hydrazine groups is 2. The highest BCUT2D eigenvalue weighted by Crippen LogP contribution is 2.30. The summed E-state index contributed by atoms with van der Waals surface area (Å²) in [7, 11) is 0. The number of benzene rings is 2. The molecule has 0 aliphatic rings. The second-order valence-electron chi connectivity index (χ2n) is 5.67. The lowest BCUT2D eigenvalue weighted by atomic mass is 10.2. The van der Waals surface area contributed by atoms with Gasteiger partial charge in [-0.3, -0.25) is 0 Å². The predicted molar refractivity (Wildman–Crippen MR) is 98.6 cm³/mol. The number of rotatable bonds is 4. The van der Waals surface area contributed by atoms with E-state index in [0.29, 0.717) is 15.0 Å². The fraction of sp³-hybridized carbons (Fsp3) is 0.188. The van der Waals surface area contributed by atoms with Gasteiger partial charge in [-0.05, 0) is 48.4 Å². The molecule has 0 saturated heterocycles. The number of amides is 2. The lowest BCUT2D eigenvalue weighted by molar-refractivity contribution is -0.106. The van der Waals surface area contributed by atoms with Crippen LogP contribution in [-0.4, -0.2) is 22.5 Å². The molecule has 0 saturated carbocycles. The molecule has 28 heavy (non-hydrogen) atoms. The molecule has 0 heterocycles. The van der Waals surface area contributed by atoms with Crippen LogP contribution in [0.5, 0.6) is 0 Å². The summed E-state index contributed by atoms with van der Waals surface area (Å²) in [6.07, 6.45) is -4.69. The molecule has 2 rings (SSSR count). The summed E-state index contributed by atoms with van der Waals surface area (Å²) in [6, 6.07) is 6.31. The van der Waals surface area contributed by atoms with Gasteiger partial charge in [0.1, 0.15) is 11.5 Å². The summed E-state index contributed by atoms with van der Waals surface area (Å²) < 4.78 is 63.9. The molecule has 0 fully saturated rings. The lowest BCUT2D eigenvalue weighted by Gasteiger charge is -2.25. The van der Waals surface area contributed by atoms with Gasteiger partial charge < -0.3 is 4.55 Å². The van der Waals surface area contributed by atoms with E-state index in [1.165, 1.54) is 31.2 Å². The van der Waals surface area contributed by atoms with E-state index in [1.54, 1.807) is 0 Å². The van der Waals surface area contributed by atoms with E-state index >= 15 is 0 Å². The Morgan fingerprint density at radius 2 is 1.75 bits per heavy atom. The SMILES string of the molecule is Cc1cc(F)c(N(N)C(=O)N(N)c2ccc(Cl)cc2)cc1[S+]([O-])CC(F)(F)F. The van der Waals surface area contributed by atoms with Crippen LogP contribution in [0.4, 0.5) is 33.7 Å². The van der Waals surface area contributed by atoms with Crippen molar-refractivity contribution in [2.24, 2.45) is 11.7 Å². The summed E-state index contributed by atoms with van der Waals surface area (Å²) in [5.41, 5.74) is -0.379. The molecular weight excluding hydrogens is 424 g/mol. The molecule has 152 valence electrons. The van der Waals surface area contributed by atoms with E-state index < -0.39 is 40.6 Å². The normalized spacial score (nSPS) is 12.6. The van der Waals surface area contributed by atoms with Crippen LogP contribution < -0.4 is 21.7 Å². The number of halogens is 5. The fourth-order valence-electron chi connectivity index (χ4n) is 2.23. The van der Waals surface area contributed by atoms with Crippen LogP contribution in [0.15, 0.2) is 41.3 Å². The quantitative estimate of drug-likeness (QED) is 0.250. The van der Waals surface area contributed by atoms with Gasteiger partial charge in [-0.25, -0.2) is 30.9 Å². The number of aryl methyl sites for hydroxylation is 1. The van der Waals surface area contributed by atoms with E-state index in [-0.39, 0.29) is 16.1 Å². The monoisotopic (exact) mass is 438 g/mol. The van der Waals surface area contributed by atoms with Gasteiger partial charge in [-0.15, -0.1) is 0 Å². The van der Waals surface area contributed by atoms with Crippen molar-refractivity contribution in [2.45, 2.75) is 18.0 Å². The maximum Gasteiger partial charge on any atom is 0.433 e. The highest BCUT2D eigenvalue weighted by Gasteiger charge is 2.37. The number of anilines is 2. The second-order valence-corrected chi connectivity index (χ2v) is 7.53. The van der Waals surface area contributed by atoms with Crippen LogP contribution in [0.3, 0.4) is 0 Å². The standard InChI is InChI=1S/C16H15ClF4N4O2S/c1-9-6-12(18)13(7-14(9)28(27)8-16(19,20)21)25(23)15(26)24(22)11-4-2-10(17)3-5-11/h2-7H,8,22-23H2,1H3. The number of alkyl halides is 3. The molecule has 2 aromatic carbocycles. The molecule has 0 aliphatic heterocycles. The number of hydrogen-bond donors (Lipinski definition) is 2. The van der Waals surface area contributed by atoms with E-state index in [0.717, 1.165) is 12.1 Å². The topological polar surface area (TPSA) is 98.7 Å². The zero-order valence-electron chi connectivity index (χ0n) is 14.3. The fourth-order valence-corrected chi connectivity index (χ4v) is 3.47. The minimum Gasteiger partial charge on any atom is -0.611 e. The number of nitrogens with two attached hydrogens (primary N) is 2. The molecular formula is C16H15ClF4N4O2S. The highest BCUT2D eigenvalue weighted by atomic mass is 35.5. The Morgan fingerprint density at radius 3 is 2.29 bits per heavy atom. The second kappa shape index (κ2) is 8.53. The number of nitrogens with zero attached hydrogens (tertiary/aromatic N) is 2. The molecule has 2 aromatic rings. The van der Waals surface area contributed by atoms with Crippen molar-refractivity contribution in [1.29, 1.82) is 0 Å². The third-order valence-corrected chi connectivity index (χ3v) is 5.33. The Morgan fingerprint density at radius 1 is 1.18 bits per heavy atom. The van der Waals surface area contributed by atoms with E-state index in [4.69, 9.17) is 23.3 Å². The Labute approximate surface area is 165 Å². The number of hydrogen-bond acceptors (Lipinski definition) is 4. The maximum atomic E-state index is 14.3. The summed E-state index contributed by atoms with van der Waals surface area (Å²) in [5, 5.41) is 1.30. The van der Waals surface area contributed by atoms with Crippen molar-refractivity contribution in [2.75, 3.05) is 15.8 Å². The van der Waals surface area contributed by atoms with Gasteiger partial charge in [0.15, 0.2) is 4.90 Å². The first-order valence-electron chi connectivity index (χ1n) is 7.55. The van der Waals surface area contributed by atoms with Gasteiger partial charge in [-0.2, -0.15) is 13.2 Å². The number of carbonyl (C=O) groups is 1. The first kappa shape index (κ1) is 22.2. The van der Waals surface area contributed by atoms with Crippen molar-refractivity contribution < 1.29 is 26.9 Å². The zero-order valence-corrected chi connectivity index (χ0v) is 15.9. The molecule has 0 spiro atoms. The maximum absolute atomic E-state index is 14.3. The molecule has 0 radical (unpaired) electrons. The number of carbonyl (C=O) groups excluding carboxylic acids is 1. The van der Waals surface area contributed by atoms with Gasteiger partial charge in [0.25, 0.3) is 0 Å². The van der Waals surface area contributed by atoms with E-state index in [9.17, 15) is 26.9 Å². The van der Waals surface area contributed by atoms with Crippen molar-refractivity contribution in [3.63, 3.8) is 0 Å². The van der Waals surface area contributed by atoms with Gasteiger partial charge in [0.05, 0.1) is 5.69 Å². The van der Waals surface area contributed by atoms with Crippen molar-refractivity contribution in [3.05, 3.63) is 52.8 Å². The average molecular weight is 439 g/mol. The molecule has 1 atom stereocenters. The molecule has 0 aliphatic carbocycles. The summed E-state index contributed by atoms with van der Waals surface area (Å²) in [5.74, 6) is 8.69. The van der Waals surface area contributed by atoms with Gasteiger partial charge in [-0.1, -0.05) is 11.6 Å². The summed E-state index contributed by atoms with van der Waals surface area (Å²) >= 11 is 3.24. The van der Waals surface area contributed by atoms with Crippen LogP contribution >= 0.6 is 11.6 Å². The van der Waals surface area contributed by atoms with E-state index in [1.807, 2.05) is 0 Å². The van der Waals surface area contributed by atoms with Crippen LogP contribution in [0, 0.1) is 12.7 Å². The minimum atomic E-state index is -4.69. The first-order valence-corrected chi connectivity index (χ1v) is 9.25. The lowest BCUT2D eigenvalue weighted by Crippen LogP contribution is -2.51. The molecule has 0 aromatic heterocycles.